The maximum absolute atomic E-state index is 13.2. The molecule has 3 N–H and O–H groups in total. The molecule has 0 aromatic rings. The van der Waals surface area contributed by atoms with Crippen LogP contribution < -0.4 is 0 Å². The Bertz CT molecular complexity index is 2020. The molecule has 0 rings (SSSR count). The second-order valence-electron chi connectivity index (χ2n) is 31.5. The summed E-state index contributed by atoms with van der Waals surface area (Å²) in [6.07, 6.45) is 73.4. The van der Waals surface area contributed by atoms with Gasteiger partial charge in [0.25, 0.3) is 0 Å². The Morgan fingerprint density at radius 1 is 0.264 bits per heavy atom. The van der Waals surface area contributed by atoms with Crippen molar-refractivity contribution in [2.45, 2.75) is 490 Å². The van der Waals surface area contributed by atoms with Gasteiger partial charge in [-0.25, -0.2) is 9.13 Å². The van der Waals surface area contributed by atoms with Gasteiger partial charge in [0.05, 0.1) is 26.4 Å². The van der Waals surface area contributed by atoms with Crippen molar-refractivity contribution in [1.82, 2.24) is 0 Å². The third-order valence-electron chi connectivity index (χ3n) is 20.9. The van der Waals surface area contributed by atoms with Crippen LogP contribution in [0.5, 0.6) is 0 Å². The zero-order valence-electron chi connectivity index (χ0n) is 69.6. The Kier molecular flexibility index (Phi) is 78.2. The largest absolute Gasteiger partial charge is 0.472 e. The second kappa shape index (κ2) is 79.7. The molecule has 0 amide bonds. The summed E-state index contributed by atoms with van der Waals surface area (Å²) in [6.45, 7) is 7.45. The predicted molar refractivity (Wildman–Crippen MR) is 437 cm³/mol. The van der Waals surface area contributed by atoms with Crippen LogP contribution in [-0.2, 0) is 65.4 Å². The molecule has 0 saturated heterocycles. The average Bonchev–Trinajstić information content (AvgIpc) is 0.902. The van der Waals surface area contributed by atoms with Gasteiger partial charge in [0.1, 0.15) is 19.3 Å². The Morgan fingerprint density at radius 3 is 0.670 bits per heavy atom. The highest BCUT2D eigenvalue weighted by atomic mass is 31.2. The number of rotatable bonds is 87. The van der Waals surface area contributed by atoms with E-state index in [0.717, 1.165) is 95.8 Å². The summed E-state index contributed by atoms with van der Waals surface area (Å²) < 4.78 is 68.9. The molecular weight excluding hydrogens is 1380 g/mol. The molecular formula is C87H170O17P2. The Hall–Kier alpha value is -1.94. The number of hydrogen-bond acceptors (Lipinski definition) is 15. The summed E-state index contributed by atoms with van der Waals surface area (Å²) in [7, 11) is -9.93. The third kappa shape index (κ3) is 78.7. The van der Waals surface area contributed by atoms with Gasteiger partial charge in [-0.1, -0.05) is 420 Å². The molecule has 0 fully saturated rings. The van der Waals surface area contributed by atoms with Gasteiger partial charge in [-0.05, 0) is 31.6 Å². The maximum Gasteiger partial charge on any atom is 0.472 e. The van der Waals surface area contributed by atoms with Crippen molar-refractivity contribution in [2.24, 2.45) is 5.92 Å². The van der Waals surface area contributed by atoms with Crippen LogP contribution >= 0.6 is 15.6 Å². The smallest absolute Gasteiger partial charge is 0.462 e. The average molecular weight is 1550 g/mol. The monoisotopic (exact) mass is 1550 g/mol. The van der Waals surface area contributed by atoms with Crippen molar-refractivity contribution in [1.29, 1.82) is 0 Å². The van der Waals surface area contributed by atoms with Gasteiger partial charge < -0.3 is 33.8 Å². The number of carbonyl (C=O) groups excluding carboxylic acids is 4. The molecule has 630 valence electrons. The van der Waals surface area contributed by atoms with E-state index in [1.54, 1.807) is 0 Å². The van der Waals surface area contributed by atoms with E-state index in [0.29, 0.717) is 25.7 Å². The van der Waals surface area contributed by atoms with E-state index < -0.39 is 97.5 Å². The van der Waals surface area contributed by atoms with E-state index >= 15 is 0 Å². The quantitative estimate of drug-likeness (QED) is 0.0222. The molecule has 6 atom stereocenters. The number of phosphoric acid groups is 2. The van der Waals surface area contributed by atoms with Crippen LogP contribution in [-0.4, -0.2) is 96.7 Å². The van der Waals surface area contributed by atoms with Crippen LogP contribution in [0.2, 0.25) is 0 Å². The topological polar surface area (TPSA) is 237 Å². The van der Waals surface area contributed by atoms with Gasteiger partial charge in [-0.15, -0.1) is 0 Å². The van der Waals surface area contributed by atoms with Crippen LogP contribution in [0.1, 0.15) is 471 Å². The molecule has 19 heteroatoms. The van der Waals surface area contributed by atoms with E-state index in [1.807, 2.05) is 0 Å². The first-order valence-corrected chi connectivity index (χ1v) is 48.2. The number of ether oxygens (including phenoxy) is 4. The number of unbranched alkanes of at least 4 members (excludes halogenated alkanes) is 58. The van der Waals surface area contributed by atoms with E-state index in [-0.39, 0.29) is 25.7 Å². The highest BCUT2D eigenvalue weighted by Crippen LogP contribution is 2.45. The van der Waals surface area contributed by atoms with Crippen molar-refractivity contribution >= 4 is 39.5 Å². The molecule has 0 aliphatic carbocycles. The predicted octanol–water partition coefficient (Wildman–Crippen LogP) is 26.8. The summed E-state index contributed by atoms with van der Waals surface area (Å²) in [6, 6.07) is 0. The van der Waals surface area contributed by atoms with E-state index in [2.05, 4.69) is 34.6 Å². The van der Waals surface area contributed by atoms with Gasteiger partial charge in [0.15, 0.2) is 12.2 Å². The molecule has 0 bridgehead atoms. The number of hydrogen-bond donors (Lipinski definition) is 3. The summed E-state index contributed by atoms with van der Waals surface area (Å²) in [4.78, 5) is 73.3. The Labute approximate surface area is 651 Å². The van der Waals surface area contributed by atoms with Crippen LogP contribution in [0.25, 0.3) is 0 Å². The lowest BCUT2D eigenvalue weighted by Crippen LogP contribution is -2.30. The van der Waals surface area contributed by atoms with Crippen molar-refractivity contribution < 1.29 is 80.2 Å². The first-order chi connectivity index (χ1) is 51.6. The number of carbonyl (C=O) groups is 4. The zero-order chi connectivity index (χ0) is 77.6. The lowest BCUT2D eigenvalue weighted by atomic mass is 9.99. The molecule has 0 heterocycles. The standard InChI is InChI=1S/C87H170O17P2/c1-6-10-13-16-19-22-25-28-30-33-38-41-46-51-56-61-66-71-85(90)98-77-83(104-87(92)73-68-63-58-53-48-43-39-35-32-31-34-37-40-44-49-54-59-64-69-80(5)9-4)79-102-106(95,96)100-75-81(88)74-99-105(93,94)101-78-82(76-97-84(89)70-65-60-55-50-45-27-24-21-18-15-12-8-3)103-86(91)72-67-62-57-52-47-42-36-29-26-23-20-17-14-11-7-2/h80-83,88H,6-79H2,1-5H3,(H,93,94)(H,95,96)/t80?,81-,82+,83+/m0/s1. The molecule has 3 unspecified atom stereocenters. The molecule has 0 radical (unpaired) electrons. The number of aliphatic hydroxyl groups is 1. The number of phosphoric ester groups is 2. The third-order valence-corrected chi connectivity index (χ3v) is 22.8. The normalized spacial score (nSPS) is 14.0. The number of esters is 4. The molecule has 17 nitrogen and oxygen atoms in total. The fourth-order valence-electron chi connectivity index (χ4n) is 13.6. The summed E-state index contributed by atoms with van der Waals surface area (Å²) in [5.41, 5.74) is 0. The fraction of sp³-hybridized carbons (Fsp3) is 0.954. The molecule has 106 heavy (non-hydrogen) atoms. The minimum Gasteiger partial charge on any atom is -0.462 e. The van der Waals surface area contributed by atoms with Gasteiger partial charge in [0, 0.05) is 25.7 Å². The van der Waals surface area contributed by atoms with Crippen molar-refractivity contribution in [3.8, 4) is 0 Å². The molecule has 0 aliphatic rings. The Morgan fingerprint density at radius 2 is 0.453 bits per heavy atom. The van der Waals surface area contributed by atoms with Gasteiger partial charge in [-0.3, -0.25) is 37.3 Å². The van der Waals surface area contributed by atoms with Crippen LogP contribution in [0, 0.1) is 5.92 Å². The maximum atomic E-state index is 13.2. The second-order valence-corrected chi connectivity index (χ2v) is 34.4. The summed E-state index contributed by atoms with van der Waals surface area (Å²) in [5.74, 6) is -1.22. The van der Waals surface area contributed by atoms with Gasteiger partial charge >= 0.3 is 39.5 Å². The zero-order valence-corrected chi connectivity index (χ0v) is 71.4. The van der Waals surface area contributed by atoms with Crippen LogP contribution in [0.3, 0.4) is 0 Å². The molecule has 0 aromatic heterocycles. The minimum absolute atomic E-state index is 0.109. The van der Waals surface area contributed by atoms with Crippen molar-refractivity contribution in [2.75, 3.05) is 39.6 Å². The Balaban J connectivity index is 5.24. The molecule has 0 spiro atoms. The van der Waals surface area contributed by atoms with Crippen LogP contribution in [0.4, 0.5) is 0 Å². The fourth-order valence-corrected chi connectivity index (χ4v) is 15.2. The van der Waals surface area contributed by atoms with E-state index in [4.69, 9.17) is 37.0 Å². The summed E-state index contributed by atoms with van der Waals surface area (Å²) >= 11 is 0. The minimum atomic E-state index is -4.97. The first-order valence-electron chi connectivity index (χ1n) is 45.2. The van der Waals surface area contributed by atoms with Gasteiger partial charge in [-0.2, -0.15) is 0 Å². The number of aliphatic hydroxyl groups excluding tert-OH is 1. The highest BCUT2D eigenvalue weighted by Gasteiger charge is 2.30. The summed E-state index contributed by atoms with van der Waals surface area (Å²) in [5, 5.41) is 10.7. The SMILES string of the molecule is CCCCCCCCCCCCCCCCCCCC(=O)OC[C@H](COP(=O)(O)OC[C@@H](O)COP(=O)(O)OC[C@@H](COC(=O)CCCCCCCCCCCCCC)OC(=O)CCCCCCCCCCCCCCCCC)OC(=O)CCCCCCCCCCCCCCCCCCCCC(C)CC. The van der Waals surface area contributed by atoms with Crippen molar-refractivity contribution in [3.63, 3.8) is 0 Å². The molecule has 0 aliphatic heterocycles. The first kappa shape index (κ1) is 104. The van der Waals surface area contributed by atoms with E-state index in [1.165, 1.54) is 295 Å². The van der Waals surface area contributed by atoms with Crippen LogP contribution in [0.15, 0.2) is 0 Å². The molecule has 0 saturated carbocycles. The highest BCUT2D eigenvalue weighted by molar-refractivity contribution is 7.47. The van der Waals surface area contributed by atoms with Crippen molar-refractivity contribution in [3.05, 3.63) is 0 Å². The van der Waals surface area contributed by atoms with E-state index in [9.17, 15) is 43.2 Å². The lowest BCUT2D eigenvalue weighted by Gasteiger charge is -2.21. The van der Waals surface area contributed by atoms with Gasteiger partial charge in [0.2, 0.25) is 0 Å². The molecule has 0 aromatic carbocycles. The lowest BCUT2D eigenvalue weighted by molar-refractivity contribution is -0.161.